The van der Waals surface area contributed by atoms with Gasteiger partial charge in [-0.1, -0.05) is 0 Å². The zero-order valence-corrected chi connectivity index (χ0v) is 8.55. The lowest BCUT2D eigenvalue weighted by Gasteiger charge is -2.24. The average Bonchev–Trinajstić information content (AvgIpc) is 1.83. The molecular formula is C8H10F2S2. The molecule has 0 spiro atoms. The minimum absolute atomic E-state index is 0.493. The van der Waals surface area contributed by atoms with Crippen LogP contribution in [0.15, 0.2) is 23.1 Å². The molecule has 0 saturated carbocycles. The van der Waals surface area contributed by atoms with Crippen molar-refractivity contribution in [3.05, 3.63) is 29.8 Å². The molecule has 1 rings (SSSR count). The highest BCUT2D eigenvalue weighted by Crippen LogP contribution is 2.54. The first-order valence-electron chi connectivity index (χ1n) is 3.32. The molecule has 0 amide bonds. The van der Waals surface area contributed by atoms with Crippen molar-refractivity contribution in [1.82, 2.24) is 0 Å². The summed E-state index contributed by atoms with van der Waals surface area (Å²) in [7, 11) is -1.40. The van der Waals surface area contributed by atoms with Gasteiger partial charge in [-0.3, -0.25) is 0 Å². The molecule has 0 radical (unpaired) electrons. The second-order valence-electron chi connectivity index (χ2n) is 2.85. The number of rotatable bonds is 1. The van der Waals surface area contributed by atoms with Gasteiger partial charge in [-0.2, -0.15) is 9.06 Å². The van der Waals surface area contributed by atoms with Crippen LogP contribution >= 0.6 is 20.7 Å². The summed E-state index contributed by atoms with van der Waals surface area (Å²) in [4.78, 5) is 0.493. The molecule has 0 bridgehead atoms. The maximum Gasteiger partial charge on any atom is 0.138 e. The molecular weight excluding hydrogens is 198 g/mol. The van der Waals surface area contributed by atoms with Gasteiger partial charge in [0.15, 0.2) is 0 Å². The van der Waals surface area contributed by atoms with Gasteiger partial charge < -0.3 is 0 Å². The van der Waals surface area contributed by atoms with Crippen LogP contribution in [0.1, 0.15) is 0 Å². The summed E-state index contributed by atoms with van der Waals surface area (Å²) in [6.07, 6.45) is 3.68. The van der Waals surface area contributed by atoms with Crippen molar-refractivity contribution in [1.29, 1.82) is 0 Å². The van der Waals surface area contributed by atoms with Gasteiger partial charge in [0.1, 0.15) is 11.6 Å². The maximum absolute atomic E-state index is 13.1. The van der Waals surface area contributed by atoms with Gasteiger partial charge in [-0.25, -0.2) is 8.78 Å². The molecule has 4 heteroatoms. The molecule has 0 aliphatic rings. The average molecular weight is 208 g/mol. The van der Waals surface area contributed by atoms with E-state index < -0.39 is 20.7 Å². The topological polar surface area (TPSA) is 0 Å². The molecule has 0 fully saturated rings. The minimum atomic E-state index is -1.40. The lowest BCUT2D eigenvalue weighted by atomic mass is 10.3. The normalized spacial score (nSPS) is 13.1. The fourth-order valence-corrected chi connectivity index (χ4v) is 2.26. The Morgan fingerprint density at radius 2 is 1.83 bits per heavy atom. The molecule has 0 heterocycles. The largest absolute Gasteiger partial charge is 0.207 e. The van der Waals surface area contributed by atoms with Crippen molar-refractivity contribution < 1.29 is 8.78 Å². The van der Waals surface area contributed by atoms with Crippen LogP contribution in [-0.4, -0.2) is 12.5 Å². The molecule has 0 saturated heterocycles. The Morgan fingerprint density at radius 3 is 2.25 bits per heavy atom. The van der Waals surface area contributed by atoms with Gasteiger partial charge in [0.05, 0.1) is 0 Å². The quantitative estimate of drug-likeness (QED) is 0.531. The van der Waals surface area contributed by atoms with Crippen LogP contribution in [0.5, 0.6) is 0 Å². The summed E-state index contributed by atoms with van der Waals surface area (Å²) in [6.45, 7) is 0. The van der Waals surface area contributed by atoms with Crippen LogP contribution in [0.2, 0.25) is 0 Å². The third-order valence-corrected chi connectivity index (χ3v) is 3.43. The van der Waals surface area contributed by atoms with Crippen molar-refractivity contribution in [2.24, 2.45) is 0 Å². The lowest BCUT2D eigenvalue weighted by Crippen LogP contribution is -1.92. The Kier molecular flexibility index (Phi) is 2.68. The molecule has 0 aliphatic carbocycles. The van der Waals surface area contributed by atoms with Crippen molar-refractivity contribution in [2.75, 3.05) is 12.5 Å². The first kappa shape index (κ1) is 9.86. The van der Waals surface area contributed by atoms with Crippen LogP contribution in [0.25, 0.3) is 0 Å². The smallest absolute Gasteiger partial charge is 0.138 e. The highest BCUT2D eigenvalue weighted by atomic mass is 33.1. The van der Waals surface area contributed by atoms with E-state index in [-0.39, 0.29) is 0 Å². The third-order valence-electron chi connectivity index (χ3n) is 1.43. The van der Waals surface area contributed by atoms with Crippen LogP contribution in [-0.2, 0) is 0 Å². The molecule has 68 valence electrons. The summed E-state index contributed by atoms with van der Waals surface area (Å²) >= 11 is 4.27. The van der Waals surface area contributed by atoms with Crippen LogP contribution < -0.4 is 0 Å². The lowest BCUT2D eigenvalue weighted by molar-refractivity contribution is 0.565. The summed E-state index contributed by atoms with van der Waals surface area (Å²) in [5.74, 6) is -1.06. The Hall–Kier alpha value is -0.220. The number of hydrogen-bond donors (Lipinski definition) is 1. The summed E-state index contributed by atoms with van der Waals surface area (Å²) < 4.78 is 25.6. The highest BCUT2D eigenvalue weighted by Gasteiger charge is 2.14. The van der Waals surface area contributed by atoms with Crippen LogP contribution in [0, 0.1) is 11.6 Å². The predicted molar refractivity (Wildman–Crippen MR) is 53.0 cm³/mol. The molecule has 0 aliphatic heterocycles. The molecule has 1 aromatic carbocycles. The van der Waals surface area contributed by atoms with E-state index >= 15 is 0 Å². The predicted octanol–water partition coefficient (Wildman–Crippen LogP) is 3.23. The third kappa shape index (κ3) is 2.14. The molecule has 1 aromatic rings. The fraction of sp³-hybridized carbons (Fsp3) is 0.250. The van der Waals surface area contributed by atoms with Gasteiger partial charge in [-0.15, -0.1) is 11.7 Å². The van der Waals surface area contributed by atoms with E-state index in [1.54, 1.807) is 0 Å². The molecule has 0 nitrogen and oxygen atoms in total. The van der Waals surface area contributed by atoms with Gasteiger partial charge in [-0.05, 0) is 24.6 Å². The second kappa shape index (κ2) is 3.26. The van der Waals surface area contributed by atoms with E-state index in [1.807, 2.05) is 12.5 Å². The molecule has 0 N–H and O–H groups in total. The van der Waals surface area contributed by atoms with Gasteiger partial charge >= 0.3 is 0 Å². The summed E-state index contributed by atoms with van der Waals surface area (Å²) in [5, 5.41) is 0. The number of halogens is 2. The summed E-state index contributed by atoms with van der Waals surface area (Å²) in [6, 6.07) is 3.59. The van der Waals surface area contributed by atoms with Gasteiger partial charge in [0.25, 0.3) is 0 Å². The zero-order chi connectivity index (χ0) is 9.35. The first-order chi connectivity index (χ1) is 5.41. The molecule has 0 aromatic heterocycles. The van der Waals surface area contributed by atoms with Crippen LogP contribution in [0.4, 0.5) is 8.78 Å². The maximum atomic E-state index is 13.1. The van der Waals surface area contributed by atoms with E-state index in [1.165, 1.54) is 12.1 Å². The summed E-state index contributed by atoms with van der Waals surface area (Å²) in [5.41, 5.74) is 0. The number of benzene rings is 1. The molecule has 12 heavy (non-hydrogen) atoms. The number of hydrogen-bond acceptors (Lipinski definition) is 1. The first-order valence-corrected chi connectivity index (χ1v) is 6.82. The number of thiol groups is 1. The monoisotopic (exact) mass is 208 g/mol. The van der Waals surface area contributed by atoms with E-state index in [0.717, 1.165) is 6.07 Å². The van der Waals surface area contributed by atoms with Crippen LogP contribution in [0.3, 0.4) is 0 Å². The highest BCUT2D eigenvalue weighted by molar-refractivity contribution is 8.87. The Bertz CT molecular complexity index is 292. The van der Waals surface area contributed by atoms with Crippen molar-refractivity contribution >= 4 is 20.7 Å². The van der Waals surface area contributed by atoms with E-state index in [4.69, 9.17) is 0 Å². The van der Waals surface area contributed by atoms with Crippen molar-refractivity contribution in [2.45, 2.75) is 4.90 Å². The van der Waals surface area contributed by atoms with E-state index in [9.17, 15) is 8.78 Å². The second-order valence-corrected chi connectivity index (χ2v) is 8.57. The SMILES string of the molecule is CS(C)(S)c1ccc(F)cc1F. The Labute approximate surface area is 77.1 Å². The molecule has 0 unspecified atom stereocenters. The Balaban J connectivity index is 3.19. The van der Waals surface area contributed by atoms with Gasteiger partial charge in [0, 0.05) is 11.0 Å². The van der Waals surface area contributed by atoms with Crippen molar-refractivity contribution in [3.63, 3.8) is 0 Å². The molecule has 0 atom stereocenters. The van der Waals surface area contributed by atoms with E-state index in [0.29, 0.717) is 4.90 Å². The minimum Gasteiger partial charge on any atom is -0.207 e. The standard InChI is InChI=1S/C8H10F2S2/c1-12(2,11)8-4-3-6(9)5-7(8)10/h3-5,11H,1-2H3. The fourth-order valence-electron chi connectivity index (χ4n) is 0.880. The van der Waals surface area contributed by atoms with E-state index in [2.05, 4.69) is 11.7 Å². The Morgan fingerprint density at radius 1 is 1.25 bits per heavy atom. The van der Waals surface area contributed by atoms with Crippen molar-refractivity contribution in [3.8, 4) is 0 Å². The zero-order valence-electron chi connectivity index (χ0n) is 6.84. The van der Waals surface area contributed by atoms with Gasteiger partial charge in [0.2, 0.25) is 0 Å².